The maximum atomic E-state index is 6.24. The van der Waals surface area contributed by atoms with Crippen molar-refractivity contribution in [3.63, 3.8) is 0 Å². The minimum Gasteiger partial charge on any atom is -0.495 e. The van der Waals surface area contributed by atoms with E-state index in [1.807, 2.05) is 18.2 Å². The molecule has 1 saturated heterocycles. The summed E-state index contributed by atoms with van der Waals surface area (Å²) in [4.78, 5) is 4.61. The van der Waals surface area contributed by atoms with Crippen LogP contribution in [0.25, 0.3) is 0 Å². The molecule has 0 unspecified atom stereocenters. The number of para-hydroxylation sites is 1. The monoisotopic (exact) mass is 240 g/mol. The van der Waals surface area contributed by atoms with Crippen molar-refractivity contribution in [2.24, 2.45) is 0 Å². The van der Waals surface area contributed by atoms with Gasteiger partial charge in [0.1, 0.15) is 5.75 Å². The third kappa shape index (κ3) is 2.25. The number of methoxy groups -OCH3 is 1. The van der Waals surface area contributed by atoms with Crippen molar-refractivity contribution >= 4 is 17.3 Å². The van der Waals surface area contributed by atoms with Gasteiger partial charge in [-0.2, -0.15) is 0 Å². The van der Waals surface area contributed by atoms with Crippen molar-refractivity contribution in [1.29, 1.82) is 0 Å². The van der Waals surface area contributed by atoms with Crippen LogP contribution in [-0.4, -0.2) is 45.2 Å². The van der Waals surface area contributed by atoms with Gasteiger partial charge in [0, 0.05) is 26.2 Å². The zero-order chi connectivity index (χ0) is 11.5. The van der Waals surface area contributed by atoms with Crippen molar-refractivity contribution in [3.8, 4) is 5.75 Å². The fourth-order valence-electron chi connectivity index (χ4n) is 2.00. The van der Waals surface area contributed by atoms with Crippen LogP contribution >= 0.6 is 11.6 Å². The highest BCUT2D eigenvalue weighted by Gasteiger charge is 2.19. The van der Waals surface area contributed by atoms with E-state index in [1.54, 1.807) is 7.11 Å². The minimum absolute atomic E-state index is 0.768. The summed E-state index contributed by atoms with van der Waals surface area (Å²) in [6, 6.07) is 5.79. The molecule has 1 aliphatic heterocycles. The van der Waals surface area contributed by atoms with Crippen LogP contribution < -0.4 is 9.64 Å². The molecule has 0 amide bonds. The lowest BCUT2D eigenvalue weighted by atomic mass is 10.2. The third-order valence-electron chi connectivity index (χ3n) is 2.99. The van der Waals surface area contributed by atoms with Gasteiger partial charge in [-0.25, -0.2) is 0 Å². The van der Waals surface area contributed by atoms with Crippen LogP contribution in [0.5, 0.6) is 5.75 Å². The van der Waals surface area contributed by atoms with E-state index < -0.39 is 0 Å². The Labute approximate surface area is 102 Å². The number of hydrogen-bond donors (Lipinski definition) is 0. The van der Waals surface area contributed by atoms with E-state index in [0.29, 0.717) is 0 Å². The summed E-state index contributed by atoms with van der Waals surface area (Å²) < 4.78 is 5.37. The molecule has 1 aromatic carbocycles. The lowest BCUT2D eigenvalue weighted by Gasteiger charge is -2.35. The maximum Gasteiger partial charge on any atom is 0.143 e. The van der Waals surface area contributed by atoms with E-state index in [0.717, 1.165) is 42.6 Å². The number of rotatable bonds is 2. The van der Waals surface area contributed by atoms with Crippen LogP contribution in [0, 0.1) is 0 Å². The summed E-state index contributed by atoms with van der Waals surface area (Å²) in [7, 11) is 3.83. The molecule has 0 aromatic heterocycles. The molecule has 2 rings (SSSR count). The lowest BCUT2D eigenvalue weighted by Crippen LogP contribution is -2.44. The summed E-state index contributed by atoms with van der Waals surface area (Å²) in [6.07, 6.45) is 0. The molecular weight excluding hydrogens is 224 g/mol. The van der Waals surface area contributed by atoms with Crippen LogP contribution in [0.1, 0.15) is 0 Å². The first-order valence-corrected chi connectivity index (χ1v) is 5.86. The van der Waals surface area contributed by atoms with Gasteiger partial charge in [-0.3, -0.25) is 0 Å². The first-order valence-electron chi connectivity index (χ1n) is 5.48. The molecule has 1 heterocycles. The second kappa shape index (κ2) is 4.93. The van der Waals surface area contributed by atoms with E-state index in [4.69, 9.17) is 16.3 Å². The Kier molecular flexibility index (Phi) is 3.56. The smallest absolute Gasteiger partial charge is 0.143 e. The number of halogens is 1. The van der Waals surface area contributed by atoms with E-state index >= 15 is 0 Å². The molecule has 3 nitrogen and oxygen atoms in total. The number of nitrogens with zero attached hydrogens (tertiary/aromatic N) is 2. The Balaban J connectivity index is 2.25. The van der Waals surface area contributed by atoms with E-state index in [9.17, 15) is 0 Å². The highest BCUT2D eigenvalue weighted by atomic mass is 35.5. The third-order valence-corrected chi connectivity index (χ3v) is 3.29. The van der Waals surface area contributed by atoms with Gasteiger partial charge in [0.05, 0.1) is 17.8 Å². The van der Waals surface area contributed by atoms with E-state index in [2.05, 4.69) is 16.8 Å². The van der Waals surface area contributed by atoms with Crippen LogP contribution in [0.2, 0.25) is 5.02 Å². The number of benzene rings is 1. The molecule has 1 fully saturated rings. The average molecular weight is 241 g/mol. The fraction of sp³-hybridized carbons (Fsp3) is 0.500. The van der Waals surface area contributed by atoms with Gasteiger partial charge < -0.3 is 14.5 Å². The van der Waals surface area contributed by atoms with Crippen LogP contribution in [0.3, 0.4) is 0 Å². The molecule has 0 radical (unpaired) electrons. The Hall–Kier alpha value is -0.930. The Bertz CT molecular complexity index is 362. The zero-order valence-electron chi connectivity index (χ0n) is 9.74. The molecule has 0 aliphatic carbocycles. The molecule has 1 aromatic rings. The van der Waals surface area contributed by atoms with Gasteiger partial charge in [-0.1, -0.05) is 17.7 Å². The lowest BCUT2D eigenvalue weighted by molar-refractivity contribution is 0.311. The van der Waals surface area contributed by atoms with Gasteiger partial charge in [-0.15, -0.1) is 0 Å². The summed E-state index contributed by atoms with van der Waals surface area (Å²) in [5.41, 5.74) is 1.03. The largest absolute Gasteiger partial charge is 0.495 e. The van der Waals surface area contributed by atoms with Gasteiger partial charge in [0.15, 0.2) is 0 Å². The second-order valence-corrected chi connectivity index (χ2v) is 4.49. The van der Waals surface area contributed by atoms with Crippen LogP contribution in [0.15, 0.2) is 18.2 Å². The van der Waals surface area contributed by atoms with Crippen molar-refractivity contribution in [2.45, 2.75) is 0 Å². The number of piperazine rings is 1. The highest BCUT2D eigenvalue weighted by molar-refractivity contribution is 6.33. The second-order valence-electron chi connectivity index (χ2n) is 4.08. The summed E-state index contributed by atoms with van der Waals surface area (Å²) in [5.74, 6) is 0.858. The highest BCUT2D eigenvalue weighted by Crippen LogP contribution is 2.35. The Morgan fingerprint density at radius 2 is 1.88 bits per heavy atom. The minimum atomic E-state index is 0.768. The molecule has 16 heavy (non-hydrogen) atoms. The predicted molar refractivity (Wildman–Crippen MR) is 67.7 cm³/mol. The van der Waals surface area contributed by atoms with Gasteiger partial charge in [-0.05, 0) is 19.2 Å². The molecule has 4 heteroatoms. The van der Waals surface area contributed by atoms with Crippen molar-refractivity contribution in [1.82, 2.24) is 4.90 Å². The molecule has 0 saturated carbocycles. The Morgan fingerprint density at radius 1 is 1.19 bits per heavy atom. The number of anilines is 1. The van der Waals surface area contributed by atoms with E-state index in [1.165, 1.54) is 0 Å². The van der Waals surface area contributed by atoms with Gasteiger partial charge in [0.25, 0.3) is 0 Å². The number of likely N-dealkylation sites (N-methyl/N-ethyl adjacent to an activating group) is 1. The fourth-order valence-corrected chi connectivity index (χ4v) is 2.28. The first-order chi connectivity index (χ1) is 7.72. The van der Waals surface area contributed by atoms with Gasteiger partial charge >= 0.3 is 0 Å². The maximum absolute atomic E-state index is 6.24. The van der Waals surface area contributed by atoms with Crippen molar-refractivity contribution in [2.75, 3.05) is 45.2 Å². The zero-order valence-corrected chi connectivity index (χ0v) is 10.5. The summed E-state index contributed by atoms with van der Waals surface area (Å²) in [6.45, 7) is 4.12. The Morgan fingerprint density at radius 3 is 2.50 bits per heavy atom. The normalized spacial score (nSPS) is 17.6. The van der Waals surface area contributed by atoms with Gasteiger partial charge in [0.2, 0.25) is 0 Å². The number of hydrogen-bond acceptors (Lipinski definition) is 3. The molecular formula is C12H17ClN2O. The SMILES string of the molecule is COc1cccc(Cl)c1N1CCN(C)CC1. The predicted octanol–water partition coefficient (Wildman–Crippen LogP) is 2.10. The number of ether oxygens (including phenoxy) is 1. The quantitative estimate of drug-likeness (QED) is 0.788. The topological polar surface area (TPSA) is 15.7 Å². The van der Waals surface area contributed by atoms with Crippen LogP contribution in [0.4, 0.5) is 5.69 Å². The first kappa shape index (κ1) is 11.6. The summed E-state index contributed by atoms with van der Waals surface area (Å²) >= 11 is 6.24. The standard InChI is InChI=1S/C12H17ClN2O/c1-14-6-8-15(9-7-14)12-10(13)4-3-5-11(12)16-2/h3-5H,6-9H2,1-2H3. The van der Waals surface area contributed by atoms with Crippen molar-refractivity contribution < 1.29 is 4.74 Å². The van der Waals surface area contributed by atoms with Crippen LogP contribution in [-0.2, 0) is 0 Å². The van der Waals surface area contributed by atoms with Crippen molar-refractivity contribution in [3.05, 3.63) is 23.2 Å². The molecule has 0 spiro atoms. The molecule has 88 valence electrons. The average Bonchev–Trinajstić information content (AvgIpc) is 2.30. The molecule has 1 aliphatic rings. The molecule has 0 N–H and O–H groups in total. The summed E-state index contributed by atoms with van der Waals surface area (Å²) in [5, 5.41) is 0.768. The van der Waals surface area contributed by atoms with E-state index in [-0.39, 0.29) is 0 Å². The molecule has 0 bridgehead atoms. The molecule has 0 atom stereocenters.